The predicted molar refractivity (Wildman–Crippen MR) is 62.9 cm³/mol. The Bertz CT molecular complexity index is 384. The first-order valence-electron chi connectivity index (χ1n) is 5.00. The molecule has 1 aromatic rings. The first-order valence-corrected chi connectivity index (χ1v) is 5.38. The first kappa shape index (κ1) is 12.9. The van der Waals surface area contributed by atoms with E-state index in [-0.39, 0.29) is 17.5 Å². The Morgan fingerprint density at radius 3 is 2.88 bits per heavy atom. The van der Waals surface area contributed by atoms with Crippen molar-refractivity contribution in [1.82, 2.24) is 0 Å². The van der Waals surface area contributed by atoms with Gasteiger partial charge in [-0.15, -0.1) is 0 Å². The van der Waals surface area contributed by atoms with Gasteiger partial charge in [0.1, 0.15) is 5.82 Å². The molecular formula is C11H14ClFN2O. The van der Waals surface area contributed by atoms with Gasteiger partial charge in [0.05, 0.1) is 5.69 Å². The van der Waals surface area contributed by atoms with E-state index in [1.165, 1.54) is 12.1 Å². The number of nitrogens with one attached hydrogen (secondary N) is 1. The summed E-state index contributed by atoms with van der Waals surface area (Å²) in [4.78, 5) is 11.6. The van der Waals surface area contributed by atoms with E-state index in [9.17, 15) is 9.18 Å². The van der Waals surface area contributed by atoms with Crippen LogP contribution >= 0.6 is 11.6 Å². The lowest BCUT2D eigenvalue weighted by Crippen LogP contribution is -2.23. The van der Waals surface area contributed by atoms with E-state index in [4.69, 9.17) is 17.3 Å². The van der Waals surface area contributed by atoms with Gasteiger partial charge in [-0.1, -0.05) is 18.5 Å². The molecule has 0 saturated heterocycles. The summed E-state index contributed by atoms with van der Waals surface area (Å²) in [6, 6.07) is 4.11. The summed E-state index contributed by atoms with van der Waals surface area (Å²) in [7, 11) is 0. The number of carbonyl (C=O) groups excluding carboxylic acids is 1. The van der Waals surface area contributed by atoms with Gasteiger partial charge in [0.15, 0.2) is 0 Å². The van der Waals surface area contributed by atoms with Crippen molar-refractivity contribution < 1.29 is 9.18 Å². The van der Waals surface area contributed by atoms with Gasteiger partial charge in [-0.2, -0.15) is 0 Å². The maximum Gasteiger partial charge on any atom is 0.227 e. The van der Waals surface area contributed by atoms with E-state index in [0.717, 1.165) is 6.07 Å². The molecule has 3 N–H and O–H groups in total. The summed E-state index contributed by atoms with van der Waals surface area (Å²) in [6.45, 7) is 2.17. The first-order chi connectivity index (χ1) is 7.54. The van der Waals surface area contributed by atoms with E-state index in [1.54, 1.807) is 6.92 Å². The van der Waals surface area contributed by atoms with Crippen LogP contribution in [-0.2, 0) is 4.79 Å². The minimum atomic E-state index is -0.541. The van der Waals surface area contributed by atoms with E-state index < -0.39 is 5.82 Å². The third kappa shape index (κ3) is 3.47. The van der Waals surface area contributed by atoms with Gasteiger partial charge in [-0.3, -0.25) is 4.79 Å². The Morgan fingerprint density at radius 1 is 1.62 bits per heavy atom. The molecule has 3 nitrogen and oxygen atoms in total. The van der Waals surface area contributed by atoms with Gasteiger partial charge >= 0.3 is 0 Å². The molecule has 0 saturated carbocycles. The fourth-order valence-electron chi connectivity index (χ4n) is 1.23. The van der Waals surface area contributed by atoms with Crippen molar-refractivity contribution in [2.75, 3.05) is 11.9 Å². The van der Waals surface area contributed by atoms with Crippen LogP contribution in [0.1, 0.15) is 13.3 Å². The molecule has 1 aromatic carbocycles. The molecule has 0 spiro atoms. The summed E-state index contributed by atoms with van der Waals surface area (Å²) in [5.74, 6) is -1.02. The van der Waals surface area contributed by atoms with E-state index in [0.29, 0.717) is 18.0 Å². The Balaban J connectivity index is 2.69. The van der Waals surface area contributed by atoms with Crippen molar-refractivity contribution in [2.45, 2.75) is 13.3 Å². The number of hydrogen-bond acceptors (Lipinski definition) is 2. The number of hydrogen-bond donors (Lipinski definition) is 2. The summed E-state index contributed by atoms with van der Waals surface area (Å²) < 4.78 is 13.3. The van der Waals surface area contributed by atoms with Crippen LogP contribution in [0.5, 0.6) is 0 Å². The van der Waals surface area contributed by atoms with Crippen LogP contribution in [0.25, 0.3) is 0 Å². The van der Waals surface area contributed by atoms with Crippen molar-refractivity contribution in [3.63, 3.8) is 0 Å². The molecule has 0 aromatic heterocycles. The third-order valence-corrected chi connectivity index (χ3v) is 2.47. The van der Waals surface area contributed by atoms with Crippen LogP contribution in [0.3, 0.4) is 0 Å². The van der Waals surface area contributed by atoms with Crippen LogP contribution < -0.4 is 11.1 Å². The zero-order valence-electron chi connectivity index (χ0n) is 8.97. The van der Waals surface area contributed by atoms with Crippen LogP contribution in [0.2, 0.25) is 5.02 Å². The maximum absolute atomic E-state index is 13.3. The van der Waals surface area contributed by atoms with E-state index in [1.807, 2.05) is 0 Å². The average molecular weight is 245 g/mol. The Labute approximate surface area is 98.8 Å². The number of anilines is 1. The molecule has 0 aliphatic heterocycles. The van der Waals surface area contributed by atoms with Crippen LogP contribution in [0, 0.1) is 11.7 Å². The predicted octanol–water partition coefficient (Wildman–Crippen LogP) is 2.40. The summed E-state index contributed by atoms with van der Waals surface area (Å²) >= 11 is 5.60. The van der Waals surface area contributed by atoms with Crippen LogP contribution in [0.4, 0.5) is 10.1 Å². The van der Waals surface area contributed by atoms with Crippen LogP contribution in [-0.4, -0.2) is 12.5 Å². The molecule has 0 fully saturated rings. The second kappa shape index (κ2) is 5.82. The standard InChI is InChI=1S/C11H14ClFN2O/c1-7(4-5-14)11(16)15-10-3-2-8(12)6-9(10)13/h2-3,6-7H,4-5,14H2,1H3,(H,15,16). The topological polar surface area (TPSA) is 55.1 Å². The number of amides is 1. The number of halogens is 2. The third-order valence-electron chi connectivity index (χ3n) is 2.24. The molecule has 1 rings (SSSR count). The smallest absolute Gasteiger partial charge is 0.227 e. The van der Waals surface area contributed by atoms with Gasteiger partial charge < -0.3 is 11.1 Å². The zero-order chi connectivity index (χ0) is 12.1. The van der Waals surface area contributed by atoms with Crippen molar-refractivity contribution >= 4 is 23.2 Å². The highest BCUT2D eigenvalue weighted by molar-refractivity contribution is 6.30. The molecular weight excluding hydrogens is 231 g/mol. The molecule has 0 aliphatic carbocycles. The SMILES string of the molecule is CC(CCN)C(=O)Nc1ccc(Cl)cc1F. The normalized spacial score (nSPS) is 12.2. The van der Waals surface area contributed by atoms with E-state index in [2.05, 4.69) is 5.32 Å². The van der Waals surface area contributed by atoms with Gasteiger partial charge in [0.25, 0.3) is 0 Å². The highest BCUT2D eigenvalue weighted by atomic mass is 35.5. The molecule has 0 bridgehead atoms. The second-order valence-corrected chi connectivity index (χ2v) is 4.03. The molecule has 5 heteroatoms. The lowest BCUT2D eigenvalue weighted by molar-refractivity contribution is -0.119. The maximum atomic E-state index is 13.3. The number of benzene rings is 1. The Morgan fingerprint density at radius 2 is 2.31 bits per heavy atom. The fourth-order valence-corrected chi connectivity index (χ4v) is 1.39. The lowest BCUT2D eigenvalue weighted by Gasteiger charge is -2.11. The van der Waals surface area contributed by atoms with E-state index >= 15 is 0 Å². The lowest BCUT2D eigenvalue weighted by atomic mass is 10.1. The monoisotopic (exact) mass is 244 g/mol. The van der Waals surface area contributed by atoms with Gasteiger partial charge in [0, 0.05) is 10.9 Å². The Kier molecular flexibility index (Phi) is 4.71. The van der Waals surface area contributed by atoms with Crippen molar-refractivity contribution in [3.8, 4) is 0 Å². The molecule has 1 unspecified atom stereocenters. The average Bonchev–Trinajstić information content (AvgIpc) is 2.22. The molecule has 1 atom stereocenters. The Hall–Kier alpha value is -1.13. The summed E-state index contributed by atoms with van der Waals surface area (Å²) in [5, 5.41) is 2.79. The highest BCUT2D eigenvalue weighted by Crippen LogP contribution is 2.19. The minimum Gasteiger partial charge on any atom is -0.330 e. The quantitative estimate of drug-likeness (QED) is 0.855. The molecule has 0 aliphatic rings. The van der Waals surface area contributed by atoms with Gasteiger partial charge in [-0.25, -0.2) is 4.39 Å². The van der Waals surface area contributed by atoms with Crippen molar-refractivity contribution in [1.29, 1.82) is 0 Å². The van der Waals surface area contributed by atoms with Crippen LogP contribution in [0.15, 0.2) is 18.2 Å². The molecule has 0 radical (unpaired) electrons. The second-order valence-electron chi connectivity index (χ2n) is 3.59. The number of rotatable bonds is 4. The summed E-state index contributed by atoms with van der Waals surface area (Å²) in [5.41, 5.74) is 5.48. The van der Waals surface area contributed by atoms with Crippen molar-refractivity contribution in [3.05, 3.63) is 29.0 Å². The number of nitrogens with two attached hydrogens (primary N) is 1. The number of carbonyl (C=O) groups is 1. The molecule has 88 valence electrons. The zero-order valence-corrected chi connectivity index (χ0v) is 9.72. The molecule has 16 heavy (non-hydrogen) atoms. The fraction of sp³-hybridized carbons (Fsp3) is 0.364. The molecule has 0 heterocycles. The van der Waals surface area contributed by atoms with Crippen molar-refractivity contribution in [2.24, 2.45) is 11.7 Å². The van der Waals surface area contributed by atoms with Gasteiger partial charge in [-0.05, 0) is 31.2 Å². The molecule has 1 amide bonds. The highest BCUT2D eigenvalue weighted by Gasteiger charge is 2.13. The largest absolute Gasteiger partial charge is 0.330 e. The van der Waals surface area contributed by atoms with Gasteiger partial charge in [0.2, 0.25) is 5.91 Å². The minimum absolute atomic E-state index is 0.137. The summed E-state index contributed by atoms with van der Waals surface area (Å²) in [6.07, 6.45) is 0.570.